The molecule has 0 unspecified atom stereocenters. The molecule has 0 saturated heterocycles. The zero-order chi connectivity index (χ0) is 12.3. The van der Waals surface area contributed by atoms with Crippen LogP contribution < -0.4 is 15.8 Å². The van der Waals surface area contributed by atoms with Gasteiger partial charge in [0.05, 0.1) is 11.6 Å². The number of hydrogen-bond donors (Lipinski definition) is 2. The number of anilines is 3. The Kier molecular flexibility index (Phi) is 3.43. The van der Waals surface area contributed by atoms with E-state index < -0.39 is 0 Å². The Balaban J connectivity index is 2.22. The van der Waals surface area contributed by atoms with E-state index in [1.54, 1.807) is 19.4 Å². The molecule has 0 atom stereocenters. The maximum absolute atomic E-state index is 5.50. The first kappa shape index (κ1) is 11.7. The third kappa shape index (κ3) is 2.85. The maximum atomic E-state index is 5.50. The number of rotatable bonds is 3. The van der Waals surface area contributed by atoms with Crippen LogP contribution in [-0.2, 0) is 0 Å². The molecular weight excluding hydrogens is 284 g/mol. The van der Waals surface area contributed by atoms with E-state index in [4.69, 9.17) is 10.5 Å². The standard InChI is InChI=1S/C11H11BrN4O/c1-17-9-3-2-7(6-8(9)12)15-10-4-5-14-11(13)16-10/h2-6H,1H3,(H3,13,14,15,16). The number of ether oxygens (including phenoxy) is 1. The van der Waals surface area contributed by atoms with E-state index in [9.17, 15) is 0 Å². The molecule has 0 radical (unpaired) electrons. The van der Waals surface area contributed by atoms with Crippen LogP contribution in [0.2, 0.25) is 0 Å². The number of nitrogen functional groups attached to an aromatic ring is 1. The highest BCUT2D eigenvalue weighted by Crippen LogP contribution is 2.28. The van der Waals surface area contributed by atoms with E-state index in [0.29, 0.717) is 5.82 Å². The van der Waals surface area contributed by atoms with Crippen molar-refractivity contribution < 1.29 is 4.74 Å². The number of halogens is 1. The zero-order valence-corrected chi connectivity index (χ0v) is 10.7. The van der Waals surface area contributed by atoms with Crippen molar-refractivity contribution in [1.82, 2.24) is 9.97 Å². The monoisotopic (exact) mass is 294 g/mol. The van der Waals surface area contributed by atoms with Crippen molar-refractivity contribution in [2.75, 3.05) is 18.2 Å². The van der Waals surface area contributed by atoms with Crippen LogP contribution in [-0.4, -0.2) is 17.1 Å². The number of nitrogens with zero attached hydrogens (tertiary/aromatic N) is 2. The van der Waals surface area contributed by atoms with Crippen molar-refractivity contribution in [2.24, 2.45) is 0 Å². The van der Waals surface area contributed by atoms with Crippen LogP contribution in [0, 0.1) is 0 Å². The van der Waals surface area contributed by atoms with E-state index in [2.05, 4.69) is 31.2 Å². The molecule has 6 heteroatoms. The first-order chi connectivity index (χ1) is 8.19. The van der Waals surface area contributed by atoms with E-state index in [1.165, 1.54) is 0 Å². The van der Waals surface area contributed by atoms with Crippen molar-refractivity contribution in [2.45, 2.75) is 0 Å². The van der Waals surface area contributed by atoms with Gasteiger partial charge in [0.25, 0.3) is 0 Å². The third-order valence-electron chi connectivity index (χ3n) is 2.10. The molecule has 0 saturated carbocycles. The molecule has 5 nitrogen and oxygen atoms in total. The molecule has 88 valence electrons. The minimum absolute atomic E-state index is 0.238. The number of methoxy groups -OCH3 is 1. The average molecular weight is 295 g/mol. The molecule has 1 heterocycles. The molecule has 17 heavy (non-hydrogen) atoms. The van der Waals surface area contributed by atoms with Gasteiger partial charge in [-0.3, -0.25) is 0 Å². The molecule has 1 aromatic carbocycles. The lowest BCUT2D eigenvalue weighted by atomic mass is 10.3. The first-order valence-electron chi connectivity index (χ1n) is 4.88. The Bertz CT molecular complexity index is 533. The van der Waals surface area contributed by atoms with Crippen LogP contribution in [0.5, 0.6) is 5.75 Å². The van der Waals surface area contributed by atoms with Gasteiger partial charge < -0.3 is 15.8 Å². The molecule has 1 aromatic heterocycles. The first-order valence-corrected chi connectivity index (χ1v) is 5.67. The second-order valence-corrected chi connectivity index (χ2v) is 4.13. The van der Waals surface area contributed by atoms with Crippen LogP contribution in [0.4, 0.5) is 17.5 Å². The van der Waals surface area contributed by atoms with Gasteiger partial charge in [-0.25, -0.2) is 4.98 Å². The van der Waals surface area contributed by atoms with Gasteiger partial charge in [0.15, 0.2) is 0 Å². The molecular formula is C11H11BrN4O. The lowest BCUT2D eigenvalue weighted by molar-refractivity contribution is 0.412. The van der Waals surface area contributed by atoms with Crippen molar-refractivity contribution >= 4 is 33.4 Å². The number of hydrogen-bond acceptors (Lipinski definition) is 5. The van der Waals surface area contributed by atoms with E-state index in [0.717, 1.165) is 15.9 Å². The molecule has 0 bridgehead atoms. The fraction of sp³-hybridized carbons (Fsp3) is 0.0909. The summed E-state index contributed by atoms with van der Waals surface area (Å²) < 4.78 is 6.02. The minimum atomic E-state index is 0.238. The SMILES string of the molecule is COc1ccc(Nc2ccnc(N)n2)cc1Br. The van der Waals surface area contributed by atoms with E-state index in [1.807, 2.05) is 18.2 Å². The summed E-state index contributed by atoms with van der Waals surface area (Å²) in [5, 5.41) is 3.12. The number of benzene rings is 1. The third-order valence-corrected chi connectivity index (χ3v) is 2.72. The number of nitrogens with two attached hydrogens (primary N) is 1. The van der Waals surface area contributed by atoms with Gasteiger partial charge in [0.2, 0.25) is 5.95 Å². The summed E-state index contributed by atoms with van der Waals surface area (Å²) in [6.45, 7) is 0. The van der Waals surface area contributed by atoms with Gasteiger partial charge in [0.1, 0.15) is 11.6 Å². The van der Waals surface area contributed by atoms with Crippen LogP contribution in [0.3, 0.4) is 0 Å². The maximum Gasteiger partial charge on any atom is 0.221 e. The molecule has 0 spiro atoms. The highest BCUT2D eigenvalue weighted by atomic mass is 79.9. The largest absolute Gasteiger partial charge is 0.496 e. The number of nitrogens with one attached hydrogen (secondary N) is 1. The van der Waals surface area contributed by atoms with Gasteiger partial charge in [0, 0.05) is 11.9 Å². The highest BCUT2D eigenvalue weighted by molar-refractivity contribution is 9.10. The highest BCUT2D eigenvalue weighted by Gasteiger charge is 2.02. The molecule has 2 rings (SSSR count). The van der Waals surface area contributed by atoms with Crippen LogP contribution in [0.1, 0.15) is 0 Å². The van der Waals surface area contributed by atoms with Crippen molar-refractivity contribution in [1.29, 1.82) is 0 Å². The van der Waals surface area contributed by atoms with E-state index >= 15 is 0 Å². The zero-order valence-electron chi connectivity index (χ0n) is 9.14. The summed E-state index contributed by atoms with van der Waals surface area (Å²) in [4.78, 5) is 7.87. The van der Waals surface area contributed by atoms with Crippen molar-refractivity contribution in [3.63, 3.8) is 0 Å². The lowest BCUT2D eigenvalue weighted by Gasteiger charge is -2.08. The second-order valence-electron chi connectivity index (χ2n) is 3.27. The Hall–Kier alpha value is -1.82. The fourth-order valence-electron chi connectivity index (χ4n) is 1.34. The van der Waals surface area contributed by atoms with Crippen LogP contribution in [0.25, 0.3) is 0 Å². The molecule has 0 aliphatic rings. The van der Waals surface area contributed by atoms with Crippen molar-refractivity contribution in [3.8, 4) is 5.75 Å². The molecule has 0 aliphatic heterocycles. The summed E-state index contributed by atoms with van der Waals surface area (Å²) >= 11 is 3.41. The molecule has 3 N–H and O–H groups in total. The molecule has 0 aliphatic carbocycles. The van der Waals surface area contributed by atoms with Gasteiger partial charge in [-0.1, -0.05) is 0 Å². The molecule has 0 amide bonds. The summed E-state index contributed by atoms with van der Waals surface area (Å²) in [5.74, 6) is 1.66. The van der Waals surface area contributed by atoms with Crippen LogP contribution in [0.15, 0.2) is 34.9 Å². The quantitative estimate of drug-likeness (QED) is 0.910. The summed E-state index contributed by atoms with van der Waals surface area (Å²) in [6.07, 6.45) is 1.60. The molecule has 0 fully saturated rings. The minimum Gasteiger partial charge on any atom is -0.496 e. The molecule has 2 aromatic rings. The topological polar surface area (TPSA) is 73.1 Å². The summed E-state index contributed by atoms with van der Waals surface area (Å²) in [5.41, 5.74) is 6.38. The fourth-order valence-corrected chi connectivity index (χ4v) is 1.88. The van der Waals surface area contributed by atoms with Gasteiger partial charge in [-0.05, 0) is 40.2 Å². The smallest absolute Gasteiger partial charge is 0.221 e. The Morgan fingerprint density at radius 3 is 2.82 bits per heavy atom. The second kappa shape index (κ2) is 5.01. The van der Waals surface area contributed by atoms with E-state index in [-0.39, 0.29) is 5.95 Å². The van der Waals surface area contributed by atoms with Crippen molar-refractivity contribution in [3.05, 3.63) is 34.9 Å². The number of aromatic nitrogens is 2. The average Bonchev–Trinajstić information content (AvgIpc) is 2.29. The van der Waals surface area contributed by atoms with Crippen LogP contribution >= 0.6 is 15.9 Å². The van der Waals surface area contributed by atoms with Gasteiger partial charge in [-0.15, -0.1) is 0 Å². The Labute approximate surface area is 107 Å². The van der Waals surface area contributed by atoms with Gasteiger partial charge in [-0.2, -0.15) is 4.98 Å². The Morgan fingerprint density at radius 1 is 1.35 bits per heavy atom. The summed E-state index contributed by atoms with van der Waals surface area (Å²) in [7, 11) is 1.62. The lowest BCUT2D eigenvalue weighted by Crippen LogP contribution is -1.99. The van der Waals surface area contributed by atoms with Gasteiger partial charge >= 0.3 is 0 Å². The Morgan fingerprint density at radius 2 is 2.18 bits per heavy atom. The normalized spacial score (nSPS) is 10.0. The predicted octanol–water partition coefficient (Wildman–Crippen LogP) is 2.57. The predicted molar refractivity (Wildman–Crippen MR) is 70.4 cm³/mol. The summed E-state index contributed by atoms with van der Waals surface area (Å²) in [6, 6.07) is 7.39.